The van der Waals surface area contributed by atoms with E-state index in [1.54, 1.807) is 0 Å². The van der Waals surface area contributed by atoms with Crippen LogP contribution in [-0.4, -0.2) is 31.3 Å². The molecule has 0 radical (unpaired) electrons. The number of ether oxygens (including phenoxy) is 1. The molecule has 2 unspecified atom stereocenters. The Labute approximate surface area is 128 Å². The molecular weight excluding hydrogens is 260 g/mol. The van der Waals surface area contributed by atoms with E-state index in [9.17, 15) is 0 Å². The predicted octanol–water partition coefficient (Wildman–Crippen LogP) is 4.04. The average molecular weight is 288 g/mol. The van der Waals surface area contributed by atoms with Gasteiger partial charge in [0.15, 0.2) is 0 Å². The van der Waals surface area contributed by atoms with E-state index in [2.05, 4.69) is 48.3 Å². The standard InChI is InChI=1S/C18H28N2O/c1-14-12-16(13-15(2)21-14)19-17-8-4-5-9-18(17)20-10-6-3-7-11-20/h4-5,8-9,14-16,19H,3,6-7,10-13H2,1-2H3. The maximum atomic E-state index is 5.85. The summed E-state index contributed by atoms with van der Waals surface area (Å²) >= 11 is 0. The summed E-state index contributed by atoms with van der Waals surface area (Å²) in [6, 6.07) is 9.32. The molecule has 1 aromatic rings. The quantitative estimate of drug-likeness (QED) is 0.908. The zero-order chi connectivity index (χ0) is 14.7. The molecule has 0 bridgehead atoms. The van der Waals surface area contributed by atoms with Crippen LogP contribution < -0.4 is 10.2 Å². The molecule has 2 atom stereocenters. The highest BCUT2D eigenvalue weighted by Crippen LogP contribution is 2.31. The summed E-state index contributed by atoms with van der Waals surface area (Å²) in [5.74, 6) is 0. The number of hydrogen-bond donors (Lipinski definition) is 1. The number of benzene rings is 1. The molecule has 2 aliphatic rings. The van der Waals surface area contributed by atoms with E-state index in [1.807, 2.05) is 0 Å². The Morgan fingerprint density at radius 1 is 1.00 bits per heavy atom. The molecule has 3 rings (SSSR count). The Morgan fingerprint density at radius 3 is 2.38 bits per heavy atom. The minimum absolute atomic E-state index is 0.355. The van der Waals surface area contributed by atoms with Crippen LogP contribution >= 0.6 is 0 Å². The van der Waals surface area contributed by atoms with Crippen LogP contribution in [0.3, 0.4) is 0 Å². The van der Waals surface area contributed by atoms with Gasteiger partial charge in [-0.05, 0) is 58.1 Å². The van der Waals surface area contributed by atoms with Crippen molar-refractivity contribution in [2.24, 2.45) is 0 Å². The molecule has 21 heavy (non-hydrogen) atoms. The van der Waals surface area contributed by atoms with Gasteiger partial charge in [0.1, 0.15) is 0 Å². The number of piperidine rings is 1. The maximum Gasteiger partial charge on any atom is 0.0602 e. The summed E-state index contributed by atoms with van der Waals surface area (Å²) in [4.78, 5) is 2.54. The highest BCUT2D eigenvalue weighted by atomic mass is 16.5. The fraction of sp³-hybridized carbons (Fsp3) is 0.667. The lowest BCUT2D eigenvalue weighted by Gasteiger charge is -2.35. The van der Waals surface area contributed by atoms with Gasteiger partial charge in [-0.2, -0.15) is 0 Å². The van der Waals surface area contributed by atoms with E-state index in [0.717, 1.165) is 12.8 Å². The first-order valence-electron chi connectivity index (χ1n) is 8.48. The van der Waals surface area contributed by atoms with Gasteiger partial charge in [-0.25, -0.2) is 0 Å². The molecule has 2 fully saturated rings. The summed E-state index contributed by atoms with van der Waals surface area (Å²) in [6.07, 6.45) is 6.92. The Hall–Kier alpha value is -1.22. The lowest BCUT2D eigenvalue weighted by molar-refractivity contribution is -0.0337. The number of para-hydroxylation sites is 2. The molecule has 3 heteroatoms. The highest BCUT2D eigenvalue weighted by molar-refractivity contribution is 5.70. The number of nitrogens with zero attached hydrogens (tertiary/aromatic N) is 1. The fourth-order valence-corrected chi connectivity index (χ4v) is 3.75. The van der Waals surface area contributed by atoms with E-state index >= 15 is 0 Å². The first kappa shape index (κ1) is 14.7. The molecule has 0 amide bonds. The van der Waals surface area contributed by atoms with Crippen LogP contribution in [0.25, 0.3) is 0 Å². The smallest absolute Gasteiger partial charge is 0.0602 e. The number of hydrogen-bond acceptors (Lipinski definition) is 3. The second-order valence-corrected chi connectivity index (χ2v) is 6.63. The van der Waals surface area contributed by atoms with Gasteiger partial charge < -0.3 is 15.0 Å². The van der Waals surface area contributed by atoms with Crippen molar-refractivity contribution < 1.29 is 4.74 Å². The monoisotopic (exact) mass is 288 g/mol. The zero-order valence-electron chi connectivity index (χ0n) is 13.3. The molecule has 1 aromatic carbocycles. The van der Waals surface area contributed by atoms with Gasteiger partial charge >= 0.3 is 0 Å². The number of anilines is 2. The van der Waals surface area contributed by atoms with Crippen LogP contribution in [0.4, 0.5) is 11.4 Å². The second kappa shape index (κ2) is 6.69. The third-order valence-corrected chi connectivity index (χ3v) is 4.66. The molecule has 1 N–H and O–H groups in total. The van der Waals surface area contributed by atoms with E-state index in [1.165, 1.54) is 43.7 Å². The second-order valence-electron chi connectivity index (χ2n) is 6.63. The van der Waals surface area contributed by atoms with Crippen molar-refractivity contribution in [1.82, 2.24) is 0 Å². The van der Waals surface area contributed by atoms with Crippen LogP contribution in [0.5, 0.6) is 0 Å². The van der Waals surface area contributed by atoms with Gasteiger partial charge in [0.25, 0.3) is 0 Å². The van der Waals surface area contributed by atoms with Crippen molar-refractivity contribution in [3.63, 3.8) is 0 Å². The predicted molar refractivity (Wildman–Crippen MR) is 89.2 cm³/mol. The first-order chi connectivity index (χ1) is 10.2. The Kier molecular flexibility index (Phi) is 4.69. The average Bonchev–Trinajstić information content (AvgIpc) is 2.48. The van der Waals surface area contributed by atoms with E-state index < -0.39 is 0 Å². The van der Waals surface area contributed by atoms with Crippen molar-refractivity contribution >= 4 is 11.4 Å². The largest absolute Gasteiger partial charge is 0.380 e. The van der Waals surface area contributed by atoms with Crippen molar-refractivity contribution in [3.05, 3.63) is 24.3 Å². The van der Waals surface area contributed by atoms with Crippen molar-refractivity contribution in [3.8, 4) is 0 Å². The van der Waals surface area contributed by atoms with Gasteiger partial charge in [0.05, 0.1) is 23.6 Å². The van der Waals surface area contributed by atoms with Crippen molar-refractivity contribution in [2.75, 3.05) is 23.3 Å². The van der Waals surface area contributed by atoms with Crippen LogP contribution in [-0.2, 0) is 4.74 Å². The van der Waals surface area contributed by atoms with Crippen molar-refractivity contribution in [1.29, 1.82) is 0 Å². The molecule has 2 heterocycles. The third-order valence-electron chi connectivity index (χ3n) is 4.66. The Balaban J connectivity index is 1.72. The summed E-state index contributed by atoms with van der Waals surface area (Å²) in [5.41, 5.74) is 2.68. The SMILES string of the molecule is CC1CC(Nc2ccccc2N2CCCCC2)CC(C)O1. The van der Waals surface area contributed by atoms with Crippen LogP contribution in [0.1, 0.15) is 46.0 Å². The molecule has 116 valence electrons. The minimum atomic E-state index is 0.355. The van der Waals surface area contributed by atoms with Gasteiger partial charge in [-0.1, -0.05) is 12.1 Å². The van der Waals surface area contributed by atoms with E-state index in [-0.39, 0.29) is 0 Å². The van der Waals surface area contributed by atoms with Crippen LogP contribution in [0.2, 0.25) is 0 Å². The summed E-state index contributed by atoms with van der Waals surface area (Å²) in [5, 5.41) is 3.79. The third kappa shape index (κ3) is 3.70. The zero-order valence-corrected chi connectivity index (χ0v) is 13.3. The summed E-state index contributed by atoms with van der Waals surface area (Å²) < 4.78 is 5.85. The molecule has 0 aromatic heterocycles. The van der Waals surface area contributed by atoms with Gasteiger partial charge in [-0.15, -0.1) is 0 Å². The normalized spacial score (nSPS) is 30.2. The molecule has 3 nitrogen and oxygen atoms in total. The van der Waals surface area contributed by atoms with Crippen LogP contribution in [0, 0.1) is 0 Å². The molecular formula is C18H28N2O. The number of rotatable bonds is 3. The van der Waals surface area contributed by atoms with Crippen molar-refractivity contribution in [2.45, 2.75) is 64.2 Å². The fourth-order valence-electron chi connectivity index (χ4n) is 3.75. The number of nitrogens with one attached hydrogen (secondary N) is 1. The van der Waals surface area contributed by atoms with Gasteiger partial charge in [-0.3, -0.25) is 0 Å². The minimum Gasteiger partial charge on any atom is -0.380 e. The topological polar surface area (TPSA) is 24.5 Å². The first-order valence-corrected chi connectivity index (χ1v) is 8.48. The van der Waals surface area contributed by atoms with Gasteiger partial charge in [0, 0.05) is 19.1 Å². The van der Waals surface area contributed by atoms with Crippen LogP contribution in [0.15, 0.2) is 24.3 Å². The Bertz CT molecular complexity index is 446. The molecule has 0 aliphatic carbocycles. The highest BCUT2D eigenvalue weighted by Gasteiger charge is 2.25. The molecule has 0 saturated carbocycles. The maximum absolute atomic E-state index is 5.85. The lowest BCUT2D eigenvalue weighted by atomic mass is 9.99. The van der Waals surface area contributed by atoms with E-state index in [0.29, 0.717) is 18.2 Å². The Morgan fingerprint density at radius 2 is 1.67 bits per heavy atom. The summed E-state index contributed by atoms with van der Waals surface area (Å²) in [6.45, 7) is 6.75. The van der Waals surface area contributed by atoms with Gasteiger partial charge in [0.2, 0.25) is 0 Å². The molecule has 2 aliphatic heterocycles. The molecule has 2 saturated heterocycles. The van der Waals surface area contributed by atoms with E-state index in [4.69, 9.17) is 4.74 Å². The lowest BCUT2D eigenvalue weighted by Crippen LogP contribution is -2.37. The molecule has 0 spiro atoms. The summed E-state index contributed by atoms with van der Waals surface area (Å²) in [7, 11) is 0.